The first-order valence-corrected chi connectivity index (χ1v) is 9.07. The summed E-state index contributed by atoms with van der Waals surface area (Å²) in [5, 5.41) is 7.25. The Morgan fingerprint density at radius 2 is 1.92 bits per heavy atom. The Bertz CT molecular complexity index is 707. The summed E-state index contributed by atoms with van der Waals surface area (Å²) in [5.74, 6) is 0.0350. The molecule has 0 bridgehead atoms. The first-order valence-electron chi connectivity index (χ1n) is 8.69. The molecule has 0 radical (unpaired) electrons. The minimum Gasteiger partial charge on any atom is -0.381 e. The van der Waals surface area contributed by atoms with Gasteiger partial charge in [-0.05, 0) is 37.1 Å². The van der Waals surface area contributed by atoms with E-state index in [1.807, 2.05) is 49.4 Å². The number of benzene rings is 2. The van der Waals surface area contributed by atoms with Gasteiger partial charge in [-0.15, -0.1) is 0 Å². The molecular formula is C20H24ClN3O. The van der Waals surface area contributed by atoms with E-state index in [9.17, 15) is 4.79 Å². The van der Waals surface area contributed by atoms with Crippen LogP contribution in [0.2, 0.25) is 5.02 Å². The van der Waals surface area contributed by atoms with Crippen LogP contribution >= 0.6 is 11.6 Å². The van der Waals surface area contributed by atoms with Crippen molar-refractivity contribution in [1.29, 1.82) is 0 Å². The molecule has 132 valence electrons. The van der Waals surface area contributed by atoms with Gasteiger partial charge >= 0.3 is 0 Å². The number of carbonyl (C=O) groups is 1. The Morgan fingerprint density at radius 3 is 2.68 bits per heavy atom. The van der Waals surface area contributed by atoms with Gasteiger partial charge in [0.05, 0.1) is 12.6 Å². The maximum atomic E-state index is 12.3. The average Bonchev–Trinajstić information content (AvgIpc) is 3.02. The van der Waals surface area contributed by atoms with E-state index in [2.05, 4.69) is 27.7 Å². The van der Waals surface area contributed by atoms with Crippen LogP contribution < -0.4 is 10.6 Å². The number of hydrogen-bond donors (Lipinski definition) is 2. The highest BCUT2D eigenvalue weighted by atomic mass is 35.5. The number of nitrogens with zero attached hydrogens (tertiary/aromatic N) is 1. The van der Waals surface area contributed by atoms with Gasteiger partial charge in [-0.1, -0.05) is 48.0 Å². The summed E-state index contributed by atoms with van der Waals surface area (Å²) in [6.07, 6.45) is 1.04. The second-order valence-electron chi connectivity index (χ2n) is 6.54. The van der Waals surface area contributed by atoms with E-state index in [1.165, 1.54) is 0 Å². The van der Waals surface area contributed by atoms with Crippen LogP contribution in [0.4, 0.5) is 5.69 Å². The highest BCUT2D eigenvalue weighted by Crippen LogP contribution is 2.22. The predicted octanol–water partition coefficient (Wildman–Crippen LogP) is 3.70. The highest BCUT2D eigenvalue weighted by molar-refractivity contribution is 6.31. The lowest BCUT2D eigenvalue weighted by Gasteiger charge is -2.20. The van der Waals surface area contributed by atoms with Gasteiger partial charge in [0, 0.05) is 29.8 Å². The van der Waals surface area contributed by atoms with Crippen molar-refractivity contribution in [3.05, 3.63) is 65.2 Å². The minimum atomic E-state index is -0.0953. The molecule has 0 unspecified atom stereocenters. The molecular weight excluding hydrogens is 334 g/mol. The van der Waals surface area contributed by atoms with E-state index in [0.29, 0.717) is 17.6 Å². The minimum absolute atomic E-state index is 0.0350. The molecule has 2 N–H and O–H groups in total. The van der Waals surface area contributed by atoms with Gasteiger partial charge in [0.2, 0.25) is 5.91 Å². The zero-order valence-electron chi connectivity index (χ0n) is 14.4. The summed E-state index contributed by atoms with van der Waals surface area (Å²) >= 11 is 6.20. The second-order valence-corrected chi connectivity index (χ2v) is 6.95. The monoisotopic (exact) mass is 357 g/mol. The average molecular weight is 358 g/mol. The molecule has 4 nitrogen and oxygen atoms in total. The van der Waals surface area contributed by atoms with Crippen LogP contribution in [0.25, 0.3) is 0 Å². The van der Waals surface area contributed by atoms with Gasteiger partial charge in [-0.3, -0.25) is 9.69 Å². The third kappa shape index (κ3) is 4.97. The molecule has 0 aromatic heterocycles. The summed E-state index contributed by atoms with van der Waals surface area (Å²) in [4.78, 5) is 14.5. The molecule has 2 atom stereocenters. The van der Waals surface area contributed by atoms with Gasteiger partial charge in [0.25, 0.3) is 0 Å². The fourth-order valence-corrected chi connectivity index (χ4v) is 3.56. The first-order chi connectivity index (χ1) is 12.1. The van der Waals surface area contributed by atoms with Crippen LogP contribution in [0.15, 0.2) is 54.6 Å². The van der Waals surface area contributed by atoms with E-state index in [-0.39, 0.29) is 11.9 Å². The molecule has 1 aliphatic rings. The topological polar surface area (TPSA) is 44.4 Å². The predicted molar refractivity (Wildman–Crippen MR) is 103 cm³/mol. The van der Waals surface area contributed by atoms with E-state index >= 15 is 0 Å². The van der Waals surface area contributed by atoms with Gasteiger partial charge in [-0.2, -0.15) is 0 Å². The molecule has 1 saturated heterocycles. The quantitative estimate of drug-likeness (QED) is 0.828. The SMILES string of the molecule is C[C@@H](NC(=O)CN1CC[C@H](Nc2ccccc2)C1)c1ccccc1Cl. The number of likely N-dealkylation sites (tertiary alicyclic amines) is 1. The van der Waals surface area contributed by atoms with Crippen LogP contribution in [0.5, 0.6) is 0 Å². The number of para-hydroxylation sites is 1. The van der Waals surface area contributed by atoms with Gasteiger partial charge in [0.1, 0.15) is 0 Å². The van der Waals surface area contributed by atoms with Gasteiger partial charge in [-0.25, -0.2) is 0 Å². The summed E-state index contributed by atoms with van der Waals surface area (Å²) in [5.41, 5.74) is 2.08. The third-order valence-corrected chi connectivity index (χ3v) is 4.88. The maximum Gasteiger partial charge on any atom is 0.234 e. The van der Waals surface area contributed by atoms with Crippen molar-refractivity contribution in [1.82, 2.24) is 10.2 Å². The van der Waals surface area contributed by atoms with Crippen LogP contribution in [-0.2, 0) is 4.79 Å². The molecule has 1 heterocycles. The Morgan fingerprint density at radius 1 is 1.20 bits per heavy atom. The van der Waals surface area contributed by atoms with E-state index < -0.39 is 0 Å². The maximum absolute atomic E-state index is 12.3. The molecule has 1 aliphatic heterocycles. The van der Waals surface area contributed by atoms with Crippen molar-refractivity contribution >= 4 is 23.2 Å². The number of halogens is 1. The lowest BCUT2D eigenvalue weighted by Crippen LogP contribution is -2.38. The van der Waals surface area contributed by atoms with Crippen LogP contribution in [-0.4, -0.2) is 36.5 Å². The third-order valence-electron chi connectivity index (χ3n) is 4.53. The van der Waals surface area contributed by atoms with E-state index in [0.717, 1.165) is 30.8 Å². The van der Waals surface area contributed by atoms with Gasteiger partial charge in [0.15, 0.2) is 0 Å². The fourth-order valence-electron chi connectivity index (χ4n) is 3.26. The highest BCUT2D eigenvalue weighted by Gasteiger charge is 2.24. The Labute approximate surface area is 154 Å². The molecule has 3 rings (SSSR count). The molecule has 1 fully saturated rings. The fraction of sp³-hybridized carbons (Fsp3) is 0.350. The lowest BCUT2D eigenvalue weighted by atomic mass is 10.1. The Balaban J connectivity index is 1.46. The molecule has 1 amide bonds. The number of amides is 1. The van der Waals surface area contributed by atoms with Crippen LogP contribution in [0, 0.1) is 0 Å². The molecule has 5 heteroatoms. The van der Waals surface area contributed by atoms with Crippen molar-refractivity contribution in [2.24, 2.45) is 0 Å². The zero-order valence-corrected chi connectivity index (χ0v) is 15.2. The first kappa shape index (κ1) is 17.8. The Kier molecular flexibility index (Phi) is 5.95. The molecule has 25 heavy (non-hydrogen) atoms. The standard InChI is InChI=1S/C20H24ClN3O/c1-15(18-9-5-6-10-19(18)21)22-20(25)14-24-12-11-17(13-24)23-16-7-3-2-4-8-16/h2-10,15,17,23H,11-14H2,1H3,(H,22,25)/t15-,17+/m1/s1. The second kappa shape index (κ2) is 8.37. The Hall–Kier alpha value is -2.04. The molecule has 2 aromatic rings. The normalized spacial score (nSPS) is 18.7. The van der Waals surface area contributed by atoms with Gasteiger partial charge < -0.3 is 10.6 Å². The summed E-state index contributed by atoms with van der Waals surface area (Å²) < 4.78 is 0. The van der Waals surface area contributed by atoms with E-state index in [4.69, 9.17) is 11.6 Å². The van der Waals surface area contributed by atoms with Crippen LogP contribution in [0.3, 0.4) is 0 Å². The number of rotatable bonds is 6. The number of hydrogen-bond acceptors (Lipinski definition) is 3. The number of anilines is 1. The number of nitrogens with one attached hydrogen (secondary N) is 2. The van der Waals surface area contributed by atoms with Crippen molar-refractivity contribution < 1.29 is 4.79 Å². The van der Waals surface area contributed by atoms with Crippen LogP contribution in [0.1, 0.15) is 24.9 Å². The summed E-state index contributed by atoms with van der Waals surface area (Å²) in [6.45, 7) is 4.19. The molecule has 0 saturated carbocycles. The summed E-state index contributed by atoms with van der Waals surface area (Å²) in [7, 11) is 0. The van der Waals surface area contributed by atoms with Crippen molar-refractivity contribution in [2.75, 3.05) is 25.0 Å². The summed E-state index contributed by atoms with van der Waals surface area (Å²) in [6, 6.07) is 18.1. The van der Waals surface area contributed by atoms with Crippen molar-refractivity contribution in [3.63, 3.8) is 0 Å². The van der Waals surface area contributed by atoms with E-state index in [1.54, 1.807) is 0 Å². The zero-order chi connectivity index (χ0) is 17.6. The molecule has 2 aromatic carbocycles. The van der Waals surface area contributed by atoms with Crippen molar-refractivity contribution in [2.45, 2.75) is 25.4 Å². The largest absolute Gasteiger partial charge is 0.381 e. The molecule has 0 spiro atoms. The smallest absolute Gasteiger partial charge is 0.234 e. The lowest BCUT2D eigenvalue weighted by molar-refractivity contribution is -0.122. The number of carbonyl (C=O) groups excluding carboxylic acids is 1. The molecule has 0 aliphatic carbocycles. The van der Waals surface area contributed by atoms with Crippen molar-refractivity contribution in [3.8, 4) is 0 Å².